The van der Waals surface area contributed by atoms with Crippen molar-refractivity contribution in [2.45, 2.75) is 6.92 Å². The Morgan fingerprint density at radius 3 is 2.80 bits per heavy atom. The Labute approximate surface area is 114 Å². The Balaban J connectivity index is 3.10. The summed E-state index contributed by atoms with van der Waals surface area (Å²) in [6.07, 6.45) is 0.151. The monoisotopic (exact) mass is 282 g/mol. The Kier molecular flexibility index (Phi) is 5.27. The predicted octanol–water partition coefficient (Wildman–Crippen LogP) is 0.757. The van der Waals surface area contributed by atoms with Crippen molar-refractivity contribution < 1.29 is 24.3 Å². The molecule has 0 unspecified atom stereocenters. The van der Waals surface area contributed by atoms with Gasteiger partial charge in [-0.05, 0) is 12.5 Å². The predicted molar refractivity (Wildman–Crippen MR) is 66.8 cm³/mol. The maximum atomic E-state index is 11.9. The quantitative estimate of drug-likeness (QED) is 0.482. The van der Waals surface area contributed by atoms with Gasteiger partial charge in [-0.25, -0.2) is 10.2 Å². The lowest BCUT2D eigenvalue weighted by molar-refractivity contribution is -0.385. The number of non-ortho nitro benzene ring substituents is 1. The average molecular weight is 282 g/mol. The molecule has 20 heavy (non-hydrogen) atoms. The van der Waals surface area contributed by atoms with Crippen molar-refractivity contribution in [1.29, 1.82) is 0 Å². The first-order chi connectivity index (χ1) is 9.49. The van der Waals surface area contributed by atoms with Crippen LogP contribution in [0.3, 0.4) is 0 Å². The van der Waals surface area contributed by atoms with Crippen molar-refractivity contribution in [3.05, 3.63) is 27.8 Å². The van der Waals surface area contributed by atoms with E-state index in [9.17, 15) is 20.0 Å². The lowest BCUT2D eigenvalue weighted by Gasteiger charge is -2.16. The molecule has 0 aromatic heterocycles. The summed E-state index contributed by atoms with van der Waals surface area (Å²) >= 11 is 0. The number of carbonyl (C=O) groups excluding carboxylic acids is 1. The molecule has 0 radical (unpaired) electrons. The van der Waals surface area contributed by atoms with Gasteiger partial charge in [0.15, 0.2) is 0 Å². The zero-order chi connectivity index (χ0) is 15.1. The van der Waals surface area contributed by atoms with Crippen molar-refractivity contribution in [2.24, 2.45) is 5.10 Å². The molecule has 0 atom stereocenters. The molecule has 0 saturated carbocycles. The highest BCUT2D eigenvalue weighted by Gasteiger charge is 2.11. The Bertz CT molecular complexity index is 543. The minimum atomic E-state index is -0.829. The smallest absolute Gasteiger partial charge is 0.427 e. The molecule has 108 valence electrons. The Hall–Kier alpha value is -2.84. The Morgan fingerprint density at radius 1 is 1.55 bits per heavy atom. The highest BCUT2D eigenvalue weighted by molar-refractivity contribution is 5.86. The summed E-state index contributed by atoms with van der Waals surface area (Å²) in [5.41, 5.74) is 1.57. The van der Waals surface area contributed by atoms with Crippen molar-refractivity contribution >= 4 is 18.0 Å². The van der Waals surface area contributed by atoms with E-state index in [0.717, 1.165) is 25.5 Å². The summed E-state index contributed by atoms with van der Waals surface area (Å²) < 4.78 is 9.29. The number of hydrazone groups is 1. The molecular formula is C11H12N3O6-. The first kappa shape index (κ1) is 15.2. The zero-order valence-corrected chi connectivity index (χ0v) is 10.8. The summed E-state index contributed by atoms with van der Waals surface area (Å²) in [6.45, 7) is 1.83. The molecule has 1 aromatic carbocycles. The van der Waals surface area contributed by atoms with E-state index in [4.69, 9.17) is 4.74 Å². The summed E-state index contributed by atoms with van der Waals surface area (Å²) in [6, 6.07) is 2.07. The van der Waals surface area contributed by atoms with Crippen LogP contribution in [0.25, 0.3) is 0 Å². The van der Waals surface area contributed by atoms with Gasteiger partial charge in [0.05, 0.1) is 30.9 Å². The summed E-state index contributed by atoms with van der Waals surface area (Å²) in [7, 11) is 1.14. The van der Waals surface area contributed by atoms with Gasteiger partial charge >= 0.3 is 6.09 Å². The van der Waals surface area contributed by atoms with E-state index in [2.05, 4.69) is 9.84 Å². The minimum Gasteiger partial charge on any atom is -0.870 e. The molecule has 0 fully saturated rings. The lowest BCUT2D eigenvalue weighted by Crippen LogP contribution is -2.17. The molecule has 0 saturated heterocycles. The van der Waals surface area contributed by atoms with Gasteiger partial charge in [0.25, 0.3) is 5.69 Å². The average Bonchev–Trinajstić information content (AvgIpc) is 2.42. The van der Waals surface area contributed by atoms with E-state index >= 15 is 0 Å². The van der Waals surface area contributed by atoms with Gasteiger partial charge in [0, 0.05) is 6.07 Å². The summed E-state index contributed by atoms with van der Waals surface area (Å²) in [5.74, 6) is -0.714. The van der Waals surface area contributed by atoms with Crippen molar-refractivity contribution in [2.75, 3.05) is 13.7 Å². The number of nitro groups is 1. The van der Waals surface area contributed by atoms with Crippen LogP contribution in [0, 0.1) is 10.1 Å². The van der Waals surface area contributed by atoms with Gasteiger partial charge < -0.3 is 14.6 Å². The van der Waals surface area contributed by atoms with Gasteiger partial charge in [-0.2, -0.15) is 5.10 Å². The number of rotatable bonds is 5. The molecule has 0 aliphatic heterocycles. The van der Waals surface area contributed by atoms with Crippen molar-refractivity contribution in [3.8, 4) is 11.5 Å². The highest BCUT2D eigenvalue weighted by Crippen LogP contribution is 2.31. The van der Waals surface area contributed by atoms with Gasteiger partial charge in [0.1, 0.15) is 5.75 Å². The number of ether oxygens (including phenoxy) is 2. The maximum Gasteiger partial charge on any atom is 0.427 e. The van der Waals surface area contributed by atoms with E-state index in [1.165, 1.54) is 0 Å². The lowest BCUT2D eigenvalue weighted by atomic mass is 10.1. The second-order valence-electron chi connectivity index (χ2n) is 3.41. The molecule has 0 aliphatic rings. The van der Waals surface area contributed by atoms with Gasteiger partial charge in [-0.15, -0.1) is 0 Å². The number of nitrogens with one attached hydrogen (secondary N) is 1. The van der Waals surface area contributed by atoms with Gasteiger partial charge in [0.2, 0.25) is 0 Å². The fourth-order valence-electron chi connectivity index (χ4n) is 1.27. The summed E-state index contributed by atoms with van der Waals surface area (Å²) in [4.78, 5) is 20.9. The first-order valence-electron chi connectivity index (χ1n) is 5.48. The number of carbonyl (C=O) groups is 1. The highest BCUT2D eigenvalue weighted by atomic mass is 16.6. The van der Waals surface area contributed by atoms with E-state index in [0.29, 0.717) is 0 Å². The molecule has 0 heterocycles. The van der Waals surface area contributed by atoms with Crippen LogP contribution in [-0.2, 0) is 4.74 Å². The van der Waals surface area contributed by atoms with Crippen LogP contribution in [0.1, 0.15) is 12.5 Å². The molecule has 1 rings (SSSR count). The van der Waals surface area contributed by atoms with E-state index in [1.807, 2.05) is 5.43 Å². The second kappa shape index (κ2) is 6.92. The van der Waals surface area contributed by atoms with E-state index in [1.54, 1.807) is 6.92 Å². The van der Waals surface area contributed by atoms with Crippen LogP contribution in [0.5, 0.6) is 11.5 Å². The SMILES string of the molecule is CCOc1cc([N+](=O)[O-])cc(/C=N\NC(=O)OC)c1[O-]. The van der Waals surface area contributed by atoms with Crippen LogP contribution in [-0.4, -0.2) is 30.9 Å². The third-order valence-electron chi connectivity index (χ3n) is 2.12. The molecule has 1 N–H and O–H groups in total. The molecule has 1 amide bonds. The number of nitro benzene ring substituents is 1. The van der Waals surface area contributed by atoms with Gasteiger partial charge in [-0.1, -0.05) is 5.75 Å². The maximum absolute atomic E-state index is 11.9. The number of hydrogen-bond acceptors (Lipinski definition) is 7. The van der Waals surface area contributed by atoms with Crippen LogP contribution in [0.15, 0.2) is 17.2 Å². The first-order valence-corrected chi connectivity index (χ1v) is 5.48. The number of methoxy groups -OCH3 is 1. The molecule has 0 spiro atoms. The number of hydrogen-bond donors (Lipinski definition) is 1. The molecule has 0 bridgehead atoms. The van der Waals surface area contributed by atoms with Crippen molar-refractivity contribution in [1.82, 2.24) is 5.43 Å². The molecule has 9 nitrogen and oxygen atoms in total. The normalized spacial score (nSPS) is 10.3. The van der Waals surface area contributed by atoms with Gasteiger partial charge in [-0.3, -0.25) is 10.1 Å². The van der Waals surface area contributed by atoms with Crippen LogP contribution < -0.4 is 15.3 Å². The third kappa shape index (κ3) is 3.83. The van der Waals surface area contributed by atoms with Crippen molar-refractivity contribution in [3.63, 3.8) is 0 Å². The number of benzene rings is 1. The van der Waals surface area contributed by atoms with E-state index in [-0.39, 0.29) is 23.6 Å². The number of amides is 1. The Morgan fingerprint density at radius 2 is 2.25 bits per heavy atom. The molecule has 1 aromatic rings. The van der Waals surface area contributed by atoms with Crippen LogP contribution in [0.4, 0.5) is 10.5 Å². The standard InChI is InChI=1S/C11H13N3O6/c1-3-20-9-5-8(14(17)18)4-7(10(9)15)6-12-13-11(16)19-2/h4-6,15H,3H2,1-2H3,(H,13,16)/p-1/b12-6-. The van der Waals surface area contributed by atoms with Crippen LogP contribution in [0.2, 0.25) is 0 Å². The zero-order valence-electron chi connectivity index (χ0n) is 10.8. The largest absolute Gasteiger partial charge is 0.870 e. The topological polar surface area (TPSA) is 126 Å². The third-order valence-corrected chi connectivity index (χ3v) is 2.12. The second-order valence-corrected chi connectivity index (χ2v) is 3.41. The molecule has 9 heteroatoms. The van der Waals surface area contributed by atoms with Crippen LogP contribution >= 0.6 is 0 Å². The summed E-state index contributed by atoms with van der Waals surface area (Å²) in [5, 5.41) is 26.1. The minimum absolute atomic E-state index is 0.0842. The fourth-order valence-corrected chi connectivity index (χ4v) is 1.27. The number of nitrogens with zero attached hydrogens (tertiary/aromatic N) is 2. The molecular weight excluding hydrogens is 270 g/mol. The molecule has 0 aliphatic carbocycles. The van der Waals surface area contributed by atoms with E-state index < -0.39 is 16.8 Å². The fraction of sp³-hybridized carbons (Fsp3) is 0.273.